The summed E-state index contributed by atoms with van der Waals surface area (Å²) in [5.41, 5.74) is 4.52. The summed E-state index contributed by atoms with van der Waals surface area (Å²) in [5, 5.41) is 4.81. The smallest absolute Gasteiger partial charge is 0.276 e. The molecular formula is C25H28ClN3O3. The molecule has 0 aliphatic carbocycles. The van der Waals surface area contributed by atoms with Gasteiger partial charge in [-0.15, -0.1) is 0 Å². The van der Waals surface area contributed by atoms with Gasteiger partial charge in [-0.2, -0.15) is 0 Å². The van der Waals surface area contributed by atoms with Gasteiger partial charge in [0.1, 0.15) is 18.1 Å². The van der Waals surface area contributed by atoms with Crippen LogP contribution in [-0.2, 0) is 13.2 Å². The predicted octanol–water partition coefficient (Wildman–Crippen LogP) is 4.79. The first kappa shape index (κ1) is 22.4. The molecule has 0 unspecified atom stereocenters. The molecule has 2 aromatic carbocycles. The Balaban J connectivity index is 1.38. The Morgan fingerprint density at radius 1 is 1.06 bits per heavy atom. The lowest BCUT2D eigenvalue weighted by Gasteiger charge is -2.34. The fraction of sp³-hybridized carbons (Fsp3) is 0.360. The number of rotatable bonds is 6. The highest BCUT2D eigenvalue weighted by Crippen LogP contribution is 2.24. The second kappa shape index (κ2) is 9.76. The van der Waals surface area contributed by atoms with Crippen LogP contribution in [0.5, 0.6) is 5.75 Å². The maximum absolute atomic E-state index is 13.2. The zero-order valence-electron chi connectivity index (χ0n) is 18.7. The van der Waals surface area contributed by atoms with E-state index >= 15 is 0 Å². The molecule has 168 valence electrons. The van der Waals surface area contributed by atoms with E-state index < -0.39 is 0 Å². The normalized spacial score (nSPS) is 14.6. The van der Waals surface area contributed by atoms with Crippen LogP contribution in [-0.4, -0.2) is 47.0 Å². The second-order valence-electron chi connectivity index (χ2n) is 8.25. The van der Waals surface area contributed by atoms with E-state index in [0.717, 1.165) is 41.5 Å². The second-order valence-corrected chi connectivity index (χ2v) is 8.68. The number of nitrogens with zero attached hydrogens (tertiary/aromatic N) is 3. The van der Waals surface area contributed by atoms with Gasteiger partial charge >= 0.3 is 0 Å². The minimum absolute atomic E-state index is 0.104. The molecule has 32 heavy (non-hydrogen) atoms. The number of carbonyl (C=O) groups is 1. The van der Waals surface area contributed by atoms with Gasteiger partial charge in [0.2, 0.25) is 0 Å². The topological polar surface area (TPSA) is 58.8 Å². The number of ether oxygens (including phenoxy) is 1. The molecule has 0 N–H and O–H groups in total. The lowest BCUT2D eigenvalue weighted by Crippen LogP contribution is -2.48. The van der Waals surface area contributed by atoms with Crippen molar-refractivity contribution in [3.8, 4) is 5.75 Å². The maximum Gasteiger partial charge on any atom is 0.276 e. The summed E-state index contributed by atoms with van der Waals surface area (Å²) in [7, 11) is 0. The number of halogens is 1. The van der Waals surface area contributed by atoms with Crippen LogP contribution >= 0.6 is 11.6 Å². The summed E-state index contributed by atoms with van der Waals surface area (Å²) in [6, 6.07) is 13.9. The fourth-order valence-corrected chi connectivity index (χ4v) is 3.99. The lowest BCUT2D eigenvalue weighted by atomic mass is 10.1. The average Bonchev–Trinajstić information content (AvgIpc) is 3.16. The van der Waals surface area contributed by atoms with Gasteiger partial charge < -0.3 is 14.2 Å². The zero-order chi connectivity index (χ0) is 22.7. The average molecular weight is 454 g/mol. The summed E-state index contributed by atoms with van der Waals surface area (Å²) < 4.78 is 11.4. The molecular weight excluding hydrogens is 426 g/mol. The fourth-order valence-electron chi connectivity index (χ4n) is 3.87. The van der Waals surface area contributed by atoms with E-state index in [1.54, 1.807) is 0 Å². The maximum atomic E-state index is 13.2. The van der Waals surface area contributed by atoms with E-state index in [1.807, 2.05) is 68.1 Å². The standard InChI is InChI=1S/C25H28ClN3O3/c1-17-5-4-6-23(18(17)2)31-16-22-19(3)32-27-24(22)25(30)29-13-11-28(12-14-29)15-20-7-9-21(26)10-8-20/h4-10H,11-16H2,1-3H3. The predicted molar refractivity (Wildman–Crippen MR) is 124 cm³/mol. The largest absolute Gasteiger partial charge is 0.488 e. The van der Waals surface area contributed by atoms with E-state index in [2.05, 4.69) is 10.1 Å². The van der Waals surface area contributed by atoms with Crippen LogP contribution in [0.3, 0.4) is 0 Å². The van der Waals surface area contributed by atoms with Crippen molar-refractivity contribution in [3.63, 3.8) is 0 Å². The first-order chi connectivity index (χ1) is 15.4. The molecule has 0 atom stereocenters. The number of aromatic nitrogens is 1. The SMILES string of the molecule is Cc1cccc(OCc2c(C(=O)N3CCN(Cc4ccc(Cl)cc4)CC3)noc2C)c1C. The Kier molecular flexibility index (Phi) is 6.82. The Morgan fingerprint density at radius 3 is 2.50 bits per heavy atom. The molecule has 1 aromatic heterocycles. The molecule has 6 nitrogen and oxygen atoms in total. The van der Waals surface area contributed by atoms with Crippen LogP contribution in [0.2, 0.25) is 5.02 Å². The van der Waals surface area contributed by atoms with E-state index in [-0.39, 0.29) is 12.5 Å². The van der Waals surface area contributed by atoms with Crippen LogP contribution in [0, 0.1) is 20.8 Å². The quantitative estimate of drug-likeness (QED) is 0.537. The minimum atomic E-state index is -0.104. The lowest BCUT2D eigenvalue weighted by molar-refractivity contribution is 0.0616. The number of aryl methyl sites for hydroxylation is 2. The van der Waals surface area contributed by atoms with Crippen LogP contribution in [0.15, 0.2) is 47.0 Å². The highest BCUT2D eigenvalue weighted by atomic mass is 35.5. The molecule has 2 heterocycles. The molecule has 1 fully saturated rings. The van der Waals surface area contributed by atoms with Crippen LogP contribution in [0.25, 0.3) is 0 Å². The van der Waals surface area contributed by atoms with Gasteiger partial charge in [0, 0.05) is 37.7 Å². The van der Waals surface area contributed by atoms with E-state index in [4.69, 9.17) is 20.9 Å². The molecule has 0 bridgehead atoms. The Hall–Kier alpha value is -2.83. The van der Waals surface area contributed by atoms with Crippen molar-refractivity contribution in [2.75, 3.05) is 26.2 Å². The van der Waals surface area contributed by atoms with Crippen molar-refractivity contribution in [3.05, 3.63) is 81.2 Å². The van der Waals surface area contributed by atoms with Gasteiger partial charge in [0.25, 0.3) is 5.91 Å². The molecule has 0 radical (unpaired) electrons. The molecule has 1 saturated heterocycles. The summed E-state index contributed by atoms with van der Waals surface area (Å²) in [4.78, 5) is 17.4. The molecule has 0 saturated carbocycles. The van der Waals surface area contributed by atoms with Crippen LogP contribution in [0.1, 0.15) is 38.5 Å². The monoisotopic (exact) mass is 453 g/mol. The molecule has 4 rings (SSSR count). The minimum Gasteiger partial charge on any atom is -0.488 e. The van der Waals surface area contributed by atoms with E-state index in [0.29, 0.717) is 30.1 Å². The summed E-state index contributed by atoms with van der Waals surface area (Å²) in [5.74, 6) is 1.31. The highest BCUT2D eigenvalue weighted by molar-refractivity contribution is 6.30. The van der Waals surface area contributed by atoms with Crippen molar-refractivity contribution in [1.82, 2.24) is 15.0 Å². The van der Waals surface area contributed by atoms with E-state index in [1.165, 1.54) is 5.56 Å². The van der Waals surface area contributed by atoms with Crippen molar-refractivity contribution in [2.45, 2.75) is 33.9 Å². The van der Waals surface area contributed by atoms with Crippen LogP contribution < -0.4 is 4.74 Å². The Morgan fingerprint density at radius 2 is 1.78 bits per heavy atom. The number of piperazine rings is 1. The van der Waals surface area contributed by atoms with Crippen molar-refractivity contribution >= 4 is 17.5 Å². The molecule has 3 aromatic rings. The van der Waals surface area contributed by atoms with Gasteiger partial charge in [-0.05, 0) is 55.7 Å². The van der Waals surface area contributed by atoms with Crippen molar-refractivity contribution in [2.24, 2.45) is 0 Å². The van der Waals surface area contributed by atoms with Crippen molar-refractivity contribution < 1.29 is 14.1 Å². The summed E-state index contributed by atoms with van der Waals surface area (Å²) in [6.45, 7) is 9.89. The van der Waals surface area contributed by atoms with Gasteiger partial charge in [-0.3, -0.25) is 9.69 Å². The third-order valence-corrected chi connectivity index (χ3v) is 6.35. The number of hydrogen-bond donors (Lipinski definition) is 0. The van der Waals surface area contributed by atoms with E-state index in [9.17, 15) is 4.79 Å². The molecule has 1 aliphatic heterocycles. The Labute approximate surface area is 193 Å². The molecule has 7 heteroatoms. The molecule has 1 aliphatic rings. The van der Waals surface area contributed by atoms with Gasteiger partial charge in [-0.1, -0.05) is 41.0 Å². The third kappa shape index (κ3) is 4.97. The molecule has 0 spiro atoms. The highest BCUT2D eigenvalue weighted by Gasteiger charge is 2.28. The van der Waals surface area contributed by atoms with Gasteiger partial charge in [0.05, 0.1) is 5.56 Å². The first-order valence-corrected chi connectivity index (χ1v) is 11.2. The van der Waals surface area contributed by atoms with Gasteiger partial charge in [0.15, 0.2) is 5.69 Å². The number of benzene rings is 2. The zero-order valence-corrected chi connectivity index (χ0v) is 19.5. The van der Waals surface area contributed by atoms with Gasteiger partial charge in [-0.25, -0.2) is 0 Å². The van der Waals surface area contributed by atoms with Crippen LogP contribution in [0.4, 0.5) is 0 Å². The Bertz CT molecular complexity index is 1090. The number of hydrogen-bond acceptors (Lipinski definition) is 5. The number of amides is 1. The van der Waals surface area contributed by atoms with Crippen molar-refractivity contribution in [1.29, 1.82) is 0 Å². The summed E-state index contributed by atoms with van der Waals surface area (Å²) in [6.07, 6.45) is 0. The summed E-state index contributed by atoms with van der Waals surface area (Å²) >= 11 is 5.97. The molecule has 1 amide bonds. The third-order valence-electron chi connectivity index (χ3n) is 6.09. The first-order valence-electron chi connectivity index (χ1n) is 10.8. The number of carbonyl (C=O) groups excluding carboxylic acids is 1.